The fourth-order valence-electron chi connectivity index (χ4n) is 1.16. The summed E-state index contributed by atoms with van der Waals surface area (Å²) in [5.41, 5.74) is 5.79. The number of rotatable bonds is 0. The van der Waals surface area contributed by atoms with Gasteiger partial charge in [-0.05, 0) is 18.2 Å². The van der Waals surface area contributed by atoms with Crippen LogP contribution in [0.2, 0.25) is 0 Å². The summed E-state index contributed by atoms with van der Waals surface area (Å²) in [5.74, 6) is 1.86. The molecule has 0 aliphatic carbocycles. The van der Waals surface area contributed by atoms with Crippen molar-refractivity contribution in [3.8, 4) is 5.75 Å². The van der Waals surface area contributed by atoms with E-state index in [1.165, 1.54) is 4.90 Å². The topological polar surface area (TPSA) is 35.2 Å². The summed E-state index contributed by atoms with van der Waals surface area (Å²) in [6.07, 6.45) is 0. The van der Waals surface area contributed by atoms with Crippen molar-refractivity contribution in [2.45, 2.75) is 10.9 Å². The standard InChI is InChI=1S/C9H10BrNOS/c10-6-1-2-9-8(3-6)12-4-7(11)5-13-9/h1-3,7H,4-5,11H2/t7-/m1/s1. The maximum Gasteiger partial charge on any atom is 0.134 e. The third-order valence-electron chi connectivity index (χ3n) is 1.81. The van der Waals surface area contributed by atoms with E-state index in [0.29, 0.717) is 6.61 Å². The number of nitrogens with two attached hydrogens (primary N) is 1. The fourth-order valence-corrected chi connectivity index (χ4v) is 2.41. The minimum Gasteiger partial charge on any atom is -0.491 e. The van der Waals surface area contributed by atoms with Gasteiger partial charge in [0.1, 0.15) is 12.4 Å². The molecule has 0 saturated heterocycles. The van der Waals surface area contributed by atoms with Crippen LogP contribution in [0.25, 0.3) is 0 Å². The third kappa shape index (κ3) is 2.18. The lowest BCUT2D eigenvalue weighted by atomic mass is 10.3. The van der Waals surface area contributed by atoms with Gasteiger partial charge in [-0.3, -0.25) is 0 Å². The van der Waals surface area contributed by atoms with Gasteiger partial charge in [-0.15, -0.1) is 11.8 Å². The highest BCUT2D eigenvalue weighted by atomic mass is 79.9. The predicted molar refractivity (Wildman–Crippen MR) is 58.3 cm³/mol. The Bertz CT molecular complexity index is 318. The molecule has 2 rings (SSSR count). The SMILES string of the molecule is N[C@@H]1COc2cc(Br)ccc2SC1. The van der Waals surface area contributed by atoms with E-state index in [-0.39, 0.29) is 6.04 Å². The molecule has 0 aromatic heterocycles. The smallest absolute Gasteiger partial charge is 0.134 e. The third-order valence-corrected chi connectivity index (χ3v) is 3.55. The maximum absolute atomic E-state index is 5.79. The summed E-state index contributed by atoms with van der Waals surface area (Å²) in [5, 5.41) is 0. The Morgan fingerprint density at radius 1 is 1.54 bits per heavy atom. The van der Waals surface area contributed by atoms with Crippen LogP contribution in [0.1, 0.15) is 0 Å². The van der Waals surface area contributed by atoms with Gasteiger partial charge in [-0.25, -0.2) is 0 Å². The Kier molecular flexibility index (Phi) is 2.81. The monoisotopic (exact) mass is 259 g/mol. The second kappa shape index (κ2) is 3.90. The molecule has 1 aromatic carbocycles. The van der Waals surface area contributed by atoms with Crippen molar-refractivity contribution < 1.29 is 4.74 Å². The maximum atomic E-state index is 5.79. The summed E-state index contributed by atoms with van der Waals surface area (Å²) in [7, 11) is 0. The van der Waals surface area contributed by atoms with Crippen LogP contribution in [0.3, 0.4) is 0 Å². The first-order valence-electron chi connectivity index (χ1n) is 4.06. The molecule has 1 atom stereocenters. The number of thioether (sulfide) groups is 1. The molecule has 1 aliphatic heterocycles. The van der Waals surface area contributed by atoms with E-state index in [4.69, 9.17) is 10.5 Å². The first kappa shape index (κ1) is 9.37. The molecule has 1 aliphatic rings. The van der Waals surface area contributed by atoms with Gasteiger partial charge in [0.05, 0.1) is 0 Å². The number of fused-ring (bicyclic) bond motifs is 1. The number of halogens is 1. The molecule has 1 aromatic rings. The summed E-state index contributed by atoms with van der Waals surface area (Å²) < 4.78 is 6.61. The van der Waals surface area contributed by atoms with E-state index < -0.39 is 0 Å². The van der Waals surface area contributed by atoms with Gasteiger partial charge in [-0.1, -0.05) is 15.9 Å². The van der Waals surface area contributed by atoms with E-state index >= 15 is 0 Å². The summed E-state index contributed by atoms with van der Waals surface area (Å²) >= 11 is 5.17. The second-order valence-corrected chi connectivity index (χ2v) is 4.95. The zero-order chi connectivity index (χ0) is 9.26. The highest BCUT2D eigenvalue weighted by Gasteiger charge is 2.14. The summed E-state index contributed by atoms with van der Waals surface area (Å²) in [4.78, 5) is 1.18. The molecule has 0 spiro atoms. The molecule has 0 bridgehead atoms. The molecule has 0 saturated carbocycles. The largest absolute Gasteiger partial charge is 0.491 e. The zero-order valence-corrected chi connectivity index (χ0v) is 9.40. The fraction of sp³-hybridized carbons (Fsp3) is 0.333. The van der Waals surface area contributed by atoms with Crippen molar-refractivity contribution in [3.05, 3.63) is 22.7 Å². The molecule has 1 heterocycles. The number of benzene rings is 1. The molecular weight excluding hydrogens is 250 g/mol. The lowest BCUT2D eigenvalue weighted by Gasteiger charge is -2.07. The normalized spacial score (nSPS) is 21.5. The number of ether oxygens (including phenoxy) is 1. The van der Waals surface area contributed by atoms with Gasteiger partial charge in [-0.2, -0.15) is 0 Å². The Hall–Kier alpha value is -0.190. The lowest BCUT2D eigenvalue weighted by molar-refractivity contribution is 0.295. The highest BCUT2D eigenvalue weighted by Crippen LogP contribution is 2.34. The summed E-state index contributed by atoms with van der Waals surface area (Å²) in [6, 6.07) is 6.20. The zero-order valence-electron chi connectivity index (χ0n) is 7.00. The van der Waals surface area contributed by atoms with Gasteiger partial charge in [0.15, 0.2) is 0 Å². The lowest BCUT2D eigenvalue weighted by Crippen LogP contribution is -2.28. The van der Waals surface area contributed by atoms with Gasteiger partial charge in [0, 0.05) is 21.2 Å². The molecule has 4 heteroatoms. The van der Waals surface area contributed by atoms with Gasteiger partial charge in [0.2, 0.25) is 0 Å². The Morgan fingerprint density at radius 3 is 3.23 bits per heavy atom. The molecule has 2 nitrogen and oxygen atoms in total. The van der Waals surface area contributed by atoms with E-state index in [2.05, 4.69) is 22.0 Å². The van der Waals surface area contributed by atoms with Crippen LogP contribution in [0.5, 0.6) is 5.75 Å². The van der Waals surface area contributed by atoms with Crippen molar-refractivity contribution in [1.82, 2.24) is 0 Å². The van der Waals surface area contributed by atoms with Crippen LogP contribution in [-0.4, -0.2) is 18.4 Å². The van der Waals surface area contributed by atoms with Crippen LogP contribution < -0.4 is 10.5 Å². The molecule has 0 radical (unpaired) electrons. The first-order chi connectivity index (χ1) is 6.25. The molecule has 0 fully saturated rings. The average Bonchev–Trinajstić information content (AvgIpc) is 2.29. The van der Waals surface area contributed by atoms with Crippen molar-refractivity contribution in [2.75, 3.05) is 12.4 Å². The average molecular weight is 260 g/mol. The molecule has 13 heavy (non-hydrogen) atoms. The molecule has 0 unspecified atom stereocenters. The van der Waals surface area contributed by atoms with E-state index in [1.54, 1.807) is 11.8 Å². The first-order valence-corrected chi connectivity index (χ1v) is 5.84. The van der Waals surface area contributed by atoms with E-state index in [1.807, 2.05) is 12.1 Å². The van der Waals surface area contributed by atoms with Crippen LogP contribution >= 0.6 is 27.7 Å². The molecule has 0 amide bonds. The van der Waals surface area contributed by atoms with E-state index in [0.717, 1.165) is 16.0 Å². The number of hydrogen-bond acceptors (Lipinski definition) is 3. The van der Waals surface area contributed by atoms with Crippen LogP contribution in [0.4, 0.5) is 0 Å². The molecule has 70 valence electrons. The van der Waals surface area contributed by atoms with Crippen molar-refractivity contribution >= 4 is 27.7 Å². The predicted octanol–water partition coefficient (Wildman–Crippen LogP) is 2.26. The minimum absolute atomic E-state index is 0.135. The Labute approximate surface area is 90.0 Å². The number of hydrogen-bond donors (Lipinski definition) is 1. The summed E-state index contributed by atoms with van der Waals surface area (Å²) in [6.45, 7) is 0.608. The van der Waals surface area contributed by atoms with Crippen LogP contribution in [0.15, 0.2) is 27.6 Å². The van der Waals surface area contributed by atoms with E-state index in [9.17, 15) is 0 Å². The van der Waals surface area contributed by atoms with Crippen molar-refractivity contribution in [3.63, 3.8) is 0 Å². The van der Waals surface area contributed by atoms with Gasteiger partial charge >= 0.3 is 0 Å². The van der Waals surface area contributed by atoms with Gasteiger partial charge in [0.25, 0.3) is 0 Å². The Morgan fingerprint density at radius 2 is 2.38 bits per heavy atom. The van der Waals surface area contributed by atoms with Gasteiger partial charge < -0.3 is 10.5 Å². The minimum atomic E-state index is 0.135. The van der Waals surface area contributed by atoms with Crippen LogP contribution in [0, 0.1) is 0 Å². The molecular formula is C9H10BrNOS. The Balaban J connectivity index is 2.30. The van der Waals surface area contributed by atoms with Crippen LogP contribution in [-0.2, 0) is 0 Å². The van der Waals surface area contributed by atoms with Crippen molar-refractivity contribution in [2.24, 2.45) is 5.73 Å². The second-order valence-electron chi connectivity index (χ2n) is 2.97. The quantitative estimate of drug-likeness (QED) is 0.777. The van der Waals surface area contributed by atoms with Crippen molar-refractivity contribution in [1.29, 1.82) is 0 Å². The highest BCUT2D eigenvalue weighted by molar-refractivity contribution is 9.10. The molecule has 2 N–H and O–H groups in total.